The lowest BCUT2D eigenvalue weighted by Gasteiger charge is -2.17. The van der Waals surface area contributed by atoms with Crippen molar-refractivity contribution in [1.29, 1.82) is 0 Å². The first-order valence-corrected chi connectivity index (χ1v) is 13.4. The Bertz CT molecular complexity index is 953. The summed E-state index contributed by atoms with van der Waals surface area (Å²) in [6.45, 7) is 8.01. The number of fused-ring (bicyclic) bond motifs is 1. The lowest BCUT2D eigenvalue weighted by Crippen LogP contribution is -2.22. The molecule has 7 heteroatoms. The Kier molecular flexibility index (Phi) is 6.03. The molecule has 0 bridgehead atoms. The fourth-order valence-corrected chi connectivity index (χ4v) is 4.42. The van der Waals surface area contributed by atoms with Crippen molar-refractivity contribution in [3.05, 3.63) is 46.8 Å². The molecule has 0 saturated heterocycles. The summed E-state index contributed by atoms with van der Waals surface area (Å²) in [6.07, 6.45) is 1.75. The fourth-order valence-electron chi connectivity index (χ4n) is 2.92. The summed E-state index contributed by atoms with van der Waals surface area (Å²) >= 11 is 3.68. The van der Waals surface area contributed by atoms with Crippen LogP contribution in [0.1, 0.15) is 0 Å². The Hall–Kier alpha value is -1.70. The number of hydrogen-bond donors (Lipinski definition) is 0. The molecule has 4 nitrogen and oxygen atoms in total. The third-order valence-corrected chi connectivity index (χ3v) is 6.90. The van der Waals surface area contributed by atoms with Crippen LogP contribution in [-0.2, 0) is 11.5 Å². The second-order valence-electron chi connectivity index (χ2n) is 7.66. The smallest absolute Gasteiger partial charge is 0.143 e. The lowest BCUT2D eigenvalue weighted by molar-refractivity contribution is 0.0908. The second kappa shape index (κ2) is 8.12. The van der Waals surface area contributed by atoms with Crippen LogP contribution in [-0.4, -0.2) is 31.3 Å². The maximum atomic E-state index is 14.0. The van der Waals surface area contributed by atoms with E-state index in [1.54, 1.807) is 19.4 Å². The summed E-state index contributed by atoms with van der Waals surface area (Å²) in [5, 5.41) is 0.951. The predicted octanol–water partition coefficient (Wildman–Crippen LogP) is 5.93. The van der Waals surface area contributed by atoms with E-state index < -0.39 is 8.07 Å². The molecule has 0 atom stereocenters. The molecule has 2 heterocycles. The molecule has 0 amide bonds. The van der Waals surface area contributed by atoms with E-state index >= 15 is 0 Å². The highest BCUT2D eigenvalue weighted by Gasteiger charge is 2.21. The first-order valence-electron chi connectivity index (χ1n) is 8.86. The minimum Gasteiger partial charge on any atom is -0.496 e. The van der Waals surface area contributed by atoms with Gasteiger partial charge in [0, 0.05) is 31.8 Å². The molecule has 27 heavy (non-hydrogen) atoms. The highest BCUT2D eigenvalue weighted by molar-refractivity contribution is 9.10. The van der Waals surface area contributed by atoms with Crippen LogP contribution in [0, 0.1) is 5.82 Å². The van der Waals surface area contributed by atoms with E-state index in [9.17, 15) is 4.39 Å². The van der Waals surface area contributed by atoms with Gasteiger partial charge >= 0.3 is 0 Å². The number of halogens is 2. The Morgan fingerprint density at radius 2 is 2.00 bits per heavy atom. The van der Waals surface area contributed by atoms with Gasteiger partial charge in [0.25, 0.3) is 0 Å². The maximum absolute atomic E-state index is 14.0. The largest absolute Gasteiger partial charge is 0.496 e. The number of hydrogen-bond acceptors (Lipinski definition) is 3. The monoisotopic (exact) mass is 450 g/mol. The average Bonchev–Trinajstić information content (AvgIpc) is 2.90. The molecule has 0 aliphatic carbocycles. The standard InChI is InChI=1S/C20H24BrFN2O2Si/c1-25-17-8-7-14(22)12-16(17)19-18(21)15-6-5-9-23-20(15)24(19)13-26-10-11-27(2,3)4/h5-9,12H,10-11,13H2,1-4H3. The van der Waals surface area contributed by atoms with Gasteiger partial charge in [0.1, 0.15) is 23.9 Å². The fraction of sp³-hybridized carbons (Fsp3) is 0.350. The van der Waals surface area contributed by atoms with Crippen LogP contribution in [0.2, 0.25) is 25.7 Å². The van der Waals surface area contributed by atoms with E-state index in [4.69, 9.17) is 9.47 Å². The van der Waals surface area contributed by atoms with Crippen LogP contribution < -0.4 is 4.74 Å². The van der Waals surface area contributed by atoms with E-state index in [1.165, 1.54) is 12.1 Å². The van der Waals surface area contributed by atoms with Crippen molar-refractivity contribution in [1.82, 2.24) is 9.55 Å². The zero-order valence-corrected chi connectivity index (χ0v) is 18.6. The zero-order chi connectivity index (χ0) is 19.6. The summed E-state index contributed by atoms with van der Waals surface area (Å²) in [4.78, 5) is 4.52. The van der Waals surface area contributed by atoms with Crippen molar-refractivity contribution in [3.63, 3.8) is 0 Å². The molecule has 0 spiro atoms. The molecular formula is C20H24BrFN2O2Si. The summed E-state index contributed by atoms with van der Waals surface area (Å²) in [5.41, 5.74) is 2.25. The van der Waals surface area contributed by atoms with Crippen molar-refractivity contribution in [2.75, 3.05) is 13.7 Å². The van der Waals surface area contributed by atoms with E-state index in [0.29, 0.717) is 24.7 Å². The third-order valence-electron chi connectivity index (χ3n) is 4.39. The number of benzene rings is 1. The summed E-state index contributed by atoms with van der Waals surface area (Å²) in [6, 6.07) is 9.47. The van der Waals surface area contributed by atoms with Gasteiger partial charge in [0.2, 0.25) is 0 Å². The number of ether oxygens (including phenoxy) is 2. The topological polar surface area (TPSA) is 36.3 Å². The molecule has 1 aromatic carbocycles. The zero-order valence-electron chi connectivity index (χ0n) is 16.1. The number of rotatable bonds is 7. The minimum absolute atomic E-state index is 0.317. The van der Waals surface area contributed by atoms with Gasteiger partial charge in [-0.25, -0.2) is 9.37 Å². The van der Waals surface area contributed by atoms with Gasteiger partial charge in [-0.2, -0.15) is 0 Å². The number of methoxy groups -OCH3 is 1. The lowest BCUT2D eigenvalue weighted by atomic mass is 10.1. The molecule has 0 radical (unpaired) electrons. The van der Waals surface area contributed by atoms with E-state index in [0.717, 1.165) is 27.2 Å². The van der Waals surface area contributed by atoms with E-state index in [-0.39, 0.29) is 5.82 Å². The van der Waals surface area contributed by atoms with Crippen LogP contribution in [0.4, 0.5) is 4.39 Å². The molecule has 0 N–H and O–H groups in total. The van der Waals surface area contributed by atoms with E-state index in [2.05, 4.69) is 40.6 Å². The highest BCUT2D eigenvalue weighted by Crippen LogP contribution is 2.41. The van der Waals surface area contributed by atoms with Crippen LogP contribution in [0.15, 0.2) is 41.0 Å². The normalized spacial score (nSPS) is 11.9. The molecular weight excluding hydrogens is 427 g/mol. The Morgan fingerprint density at radius 1 is 1.22 bits per heavy atom. The van der Waals surface area contributed by atoms with Gasteiger partial charge in [-0.15, -0.1) is 0 Å². The first kappa shape index (κ1) is 20.0. The molecule has 0 fully saturated rings. The Morgan fingerprint density at radius 3 is 2.70 bits per heavy atom. The van der Waals surface area contributed by atoms with Crippen molar-refractivity contribution in [2.24, 2.45) is 0 Å². The van der Waals surface area contributed by atoms with Crippen molar-refractivity contribution < 1.29 is 13.9 Å². The van der Waals surface area contributed by atoms with Crippen molar-refractivity contribution in [2.45, 2.75) is 32.4 Å². The Balaban J connectivity index is 2.07. The van der Waals surface area contributed by atoms with Crippen LogP contribution in [0.3, 0.4) is 0 Å². The summed E-state index contributed by atoms with van der Waals surface area (Å²) in [7, 11) is 0.411. The van der Waals surface area contributed by atoms with Gasteiger partial charge in [0.15, 0.2) is 0 Å². The van der Waals surface area contributed by atoms with Crippen LogP contribution in [0.25, 0.3) is 22.3 Å². The van der Waals surface area contributed by atoms with Crippen molar-refractivity contribution >= 4 is 35.0 Å². The summed E-state index contributed by atoms with van der Waals surface area (Å²) in [5.74, 6) is 0.283. The molecule has 144 valence electrons. The molecule has 0 unspecified atom stereocenters. The molecule has 0 saturated carbocycles. The number of nitrogens with zero attached hydrogens (tertiary/aromatic N) is 2. The Labute approximate surface area is 168 Å². The molecule has 2 aromatic heterocycles. The van der Waals surface area contributed by atoms with Gasteiger partial charge < -0.3 is 14.0 Å². The third kappa shape index (κ3) is 4.42. The number of pyridine rings is 1. The molecule has 3 rings (SSSR count). The van der Waals surface area contributed by atoms with Gasteiger partial charge in [0.05, 0.1) is 17.3 Å². The second-order valence-corrected chi connectivity index (χ2v) is 14.1. The average molecular weight is 451 g/mol. The summed E-state index contributed by atoms with van der Waals surface area (Å²) < 4.78 is 28.3. The van der Waals surface area contributed by atoms with Crippen LogP contribution in [0.5, 0.6) is 5.75 Å². The molecule has 0 aliphatic heterocycles. The minimum atomic E-state index is -1.17. The number of aromatic nitrogens is 2. The quantitative estimate of drug-likeness (QED) is 0.330. The van der Waals surface area contributed by atoms with E-state index in [1.807, 2.05) is 16.7 Å². The van der Waals surface area contributed by atoms with Gasteiger partial charge in [-0.05, 0) is 52.3 Å². The molecule has 0 aliphatic rings. The van der Waals surface area contributed by atoms with Gasteiger partial charge in [-0.3, -0.25) is 0 Å². The highest BCUT2D eigenvalue weighted by atomic mass is 79.9. The SMILES string of the molecule is COc1ccc(F)cc1-c1c(Br)c2cccnc2n1COCC[Si](C)(C)C. The predicted molar refractivity (Wildman–Crippen MR) is 113 cm³/mol. The maximum Gasteiger partial charge on any atom is 0.143 e. The van der Waals surface area contributed by atoms with Gasteiger partial charge in [-0.1, -0.05) is 19.6 Å². The molecule has 3 aromatic rings. The first-order chi connectivity index (χ1) is 12.8. The van der Waals surface area contributed by atoms with Crippen molar-refractivity contribution in [3.8, 4) is 17.0 Å². The van der Waals surface area contributed by atoms with Crippen LogP contribution >= 0.6 is 15.9 Å².